The van der Waals surface area contributed by atoms with Crippen molar-refractivity contribution in [1.29, 1.82) is 0 Å². The van der Waals surface area contributed by atoms with Gasteiger partial charge in [-0.1, -0.05) is 97.1 Å². The SMILES string of the molecule is COc1ccc(-n2c(C=Cc3ccccc3)nc(-c3ccccc3)c2-c2ccccc2)cc1. The van der Waals surface area contributed by atoms with E-state index in [1.807, 2.05) is 42.5 Å². The van der Waals surface area contributed by atoms with E-state index >= 15 is 0 Å². The Morgan fingerprint density at radius 3 is 1.82 bits per heavy atom. The summed E-state index contributed by atoms with van der Waals surface area (Å²) in [4.78, 5) is 5.14. The zero-order chi connectivity index (χ0) is 22.5. The second-order valence-electron chi connectivity index (χ2n) is 7.68. The Morgan fingerprint density at radius 2 is 1.21 bits per heavy atom. The third-order valence-corrected chi connectivity index (χ3v) is 5.55. The third kappa shape index (κ3) is 4.35. The molecule has 0 spiro atoms. The number of hydrogen-bond donors (Lipinski definition) is 0. The third-order valence-electron chi connectivity index (χ3n) is 5.55. The van der Waals surface area contributed by atoms with Gasteiger partial charge >= 0.3 is 0 Å². The summed E-state index contributed by atoms with van der Waals surface area (Å²) in [5, 5.41) is 0. The molecule has 0 N–H and O–H groups in total. The molecule has 0 amide bonds. The average Bonchev–Trinajstić information content (AvgIpc) is 3.29. The van der Waals surface area contributed by atoms with Crippen molar-refractivity contribution in [3.63, 3.8) is 0 Å². The predicted molar refractivity (Wildman–Crippen MR) is 136 cm³/mol. The minimum absolute atomic E-state index is 0.824. The van der Waals surface area contributed by atoms with Gasteiger partial charge in [-0.05, 0) is 35.9 Å². The van der Waals surface area contributed by atoms with E-state index in [2.05, 4.69) is 89.5 Å². The highest BCUT2D eigenvalue weighted by atomic mass is 16.5. The van der Waals surface area contributed by atoms with E-state index in [1.165, 1.54) is 0 Å². The molecule has 0 aliphatic rings. The van der Waals surface area contributed by atoms with Crippen LogP contribution in [0.15, 0.2) is 115 Å². The lowest BCUT2D eigenvalue weighted by Gasteiger charge is -2.13. The molecule has 0 aliphatic carbocycles. The maximum atomic E-state index is 5.39. The molecule has 0 saturated heterocycles. The molecule has 4 aromatic carbocycles. The van der Waals surface area contributed by atoms with E-state index in [4.69, 9.17) is 9.72 Å². The second-order valence-corrected chi connectivity index (χ2v) is 7.68. The summed E-state index contributed by atoms with van der Waals surface area (Å²) < 4.78 is 7.61. The van der Waals surface area contributed by atoms with Crippen LogP contribution < -0.4 is 4.74 Å². The predicted octanol–water partition coefficient (Wildman–Crippen LogP) is 7.39. The highest BCUT2D eigenvalue weighted by Gasteiger charge is 2.20. The molecule has 0 fully saturated rings. The highest BCUT2D eigenvalue weighted by molar-refractivity contribution is 5.83. The van der Waals surface area contributed by atoms with Crippen molar-refractivity contribution in [2.24, 2.45) is 0 Å². The van der Waals surface area contributed by atoms with Crippen LogP contribution >= 0.6 is 0 Å². The maximum absolute atomic E-state index is 5.39. The van der Waals surface area contributed by atoms with Crippen LogP contribution in [0.3, 0.4) is 0 Å². The molecular weight excluding hydrogens is 404 g/mol. The first kappa shape index (κ1) is 20.5. The lowest BCUT2D eigenvalue weighted by molar-refractivity contribution is 0.415. The van der Waals surface area contributed by atoms with Gasteiger partial charge in [-0.2, -0.15) is 0 Å². The molecule has 1 aromatic heterocycles. The topological polar surface area (TPSA) is 27.1 Å². The van der Waals surface area contributed by atoms with E-state index in [-0.39, 0.29) is 0 Å². The van der Waals surface area contributed by atoms with Gasteiger partial charge in [0.15, 0.2) is 0 Å². The second kappa shape index (κ2) is 9.41. The average molecular weight is 429 g/mol. The standard InChI is InChI=1S/C30H24N2O/c1-33-27-20-18-26(19-21-27)32-28(22-17-23-11-5-2-6-12-23)31-29(24-13-7-3-8-14-24)30(32)25-15-9-4-10-16-25/h2-22H,1H3. The van der Waals surface area contributed by atoms with Crippen LogP contribution in [0.4, 0.5) is 0 Å². The maximum Gasteiger partial charge on any atom is 0.138 e. The number of hydrogen-bond acceptors (Lipinski definition) is 2. The summed E-state index contributed by atoms with van der Waals surface area (Å²) in [6.07, 6.45) is 4.18. The molecule has 0 atom stereocenters. The monoisotopic (exact) mass is 428 g/mol. The first-order valence-corrected chi connectivity index (χ1v) is 10.9. The Hall–Kier alpha value is -4.37. The number of methoxy groups -OCH3 is 1. The van der Waals surface area contributed by atoms with Crippen molar-refractivity contribution < 1.29 is 4.74 Å². The Labute approximate surface area is 194 Å². The zero-order valence-electron chi connectivity index (χ0n) is 18.4. The fourth-order valence-corrected chi connectivity index (χ4v) is 3.94. The van der Waals surface area contributed by atoms with Gasteiger partial charge in [0.05, 0.1) is 18.5 Å². The van der Waals surface area contributed by atoms with Crippen LogP contribution in [0.5, 0.6) is 5.75 Å². The van der Waals surface area contributed by atoms with E-state index in [9.17, 15) is 0 Å². The molecule has 5 rings (SSSR count). The minimum atomic E-state index is 0.824. The number of imidazole rings is 1. The van der Waals surface area contributed by atoms with Crippen molar-refractivity contribution in [3.8, 4) is 34.0 Å². The van der Waals surface area contributed by atoms with Gasteiger partial charge in [0.25, 0.3) is 0 Å². The molecule has 0 aliphatic heterocycles. The van der Waals surface area contributed by atoms with Crippen molar-refractivity contribution >= 4 is 12.2 Å². The van der Waals surface area contributed by atoms with Gasteiger partial charge in [0.1, 0.15) is 11.6 Å². The van der Waals surface area contributed by atoms with Crippen LogP contribution in [0, 0.1) is 0 Å². The Morgan fingerprint density at radius 1 is 0.636 bits per heavy atom. The molecule has 0 unspecified atom stereocenters. The minimum Gasteiger partial charge on any atom is -0.497 e. The summed E-state index contributed by atoms with van der Waals surface area (Å²) >= 11 is 0. The Bertz CT molecular complexity index is 1350. The molecule has 3 heteroatoms. The summed E-state index contributed by atoms with van der Waals surface area (Å²) in [7, 11) is 1.68. The van der Waals surface area contributed by atoms with Crippen LogP contribution in [0.2, 0.25) is 0 Å². The van der Waals surface area contributed by atoms with Crippen molar-refractivity contribution in [3.05, 3.63) is 127 Å². The molecule has 5 aromatic rings. The van der Waals surface area contributed by atoms with Crippen molar-refractivity contribution in [1.82, 2.24) is 9.55 Å². The van der Waals surface area contributed by atoms with Crippen LogP contribution in [0.1, 0.15) is 11.4 Å². The molecule has 1 heterocycles. The molecule has 160 valence electrons. The largest absolute Gasteiger partial charge is 0.497 e. The summed E-state index contributed by atoms with van der Waals surface area (Å²) in [5.41, 5.74) is 6.35. The van der Waals surface area contributed by atoms with E-state index in [1.54, 1.807) is 7.11 Å². The molecule has 3 nitrogen and oxygen atoms in total. The van der Waals surface area contributed by atoms with Gasteiger partial charge < -0.3 is 4.74 Å². The molecule has 0 bridgehead atoms. The Balaban J connectivity index is 1.77. The van der Waals surface area contributed by atoms with E-state index in [0.29, 0.717) is 0 Å². The first-order chi connectivity index (χ1) is 16.3. The Kier molecular flexibility index (Phi) is 5.85. The molecular formula is C30H24N2O. The van der Waals surface area contributed by atoms with Gasteiger partial charge in [-0.15, -0.1) is 0 Å². The summed E-state index contributed by atoms with van der Waals surface area (Å²) in [5.74, 6) is 1.69. The number of aromatic nitrogens is 2. The lowest BCUT2D eigenvalue weighted by atomic mass is 10.0. The molecule has 33 heavy (non-hydrogen) atoms. The quantitative estimate of drug-likeness (QED) is 0.282. The normalized spacial score (nSPS) is 11.1. The highest BCUT2D eigenvalue weighted by Crippen LogP contribution is 2.36. The zero-order valence-corrected chi connectivity index (χ0v) is 18.4. The smallest absolute Gasteiger partial charge is 0.138 e. The number of nitrogens with zero attached hydrogens (tertiary/aromatic N) is 2. The lowest BCUT2D eigenvalue weighted by Crippen LogP contribution is -2.00. The molecule has 0 radical (unpaired) electrons. The van der Waals surface area contributed by atoms with Crippen LogP contribution in [-0.4, -0.2) is 16.7 Å². The van der Waals surface area contributed by atoms with Gasteiger partial charge in [-0.25, -0.2) is 4.98 Å². The van der Waals surface area contributed by atoms with Crippen LogP contribution in [-0.2, 0) is 0 Å². The molecule has 0 saturated carbocycles. The fraction of sp³-hybridized carbons (Fsp3) is 0.0333. The number of ether oxygens (including phenoxy) is 1. The van der Waals surface area contributed by atoms with Gasteiger partial charge in [0.2, 0.25) is 0 Å². The van der Waals surface area contributed by atoms with E-state index in [0.717, 1.165) is 45.3 Å². The van der Waals surface area contributed by atoms with Gasteiger partial charge in [0, 0.05) is 16.8 Å². The number of rotatable bonds is 6. The summed E-state index contributed by atoms with van der Waals surface area (Å²) in [6.45, 7) is 0. The fourth-order valence-electron chi connectivity index (χ4n) is 3.94. The van der Waals surface area contributed by atoms with Crippen LogP contribution in [0.25, 0.3) is 40.4 Å². The summed E-state index contributed by atoms with van der Waals surface area (Å²) in [6, 6.07) is 39.2. The van der Waals surface area contributed by atoms with Gasteiger partial charge in [-0.3, -0.25) is 4.57 Å². The number of benzene rings is 4. The first-order valence-electron chi connectivity index (χ1n) is 10.9. The van der Waals surface area contributed by atoms with E-state index < -0.39 is 0 Å². The van der Waals surface area contributed by atoms with Crippen molar-refractivity contribution in [2.75, 3.05) is 7.11 Å². The van der Waals surface area contributed by atoms with Crippen molar-refractivity contribution in [2.45, 2.75) is 0 Å².